The lowest BCUT2D eigenvalue weighted by atomic mass is 10.2. The molecule has 0 spiro atoms. The van der Waals surface area contributed by atoms with Crippen molar-refractivity contribution in [3.63, 3.8) is 0 Å². The van der Waals surface area contributed by atoms with Crippen molar-refractivity contribution in [3.05, 3.63) is 51.4 Å². The third-order valence-electron chi connectivity index (χ3n) is 4.96. The molecule has 5 rings (SSSR count). The zero-order chi connectivity index (χ0) is 18.4. The number of aryl methyl sites for hydroxylation is 3. The highest BCUT2D eigenvalue weighted by Crippen LogP contribution is 2.38. The van der Waals surface area contributed by atoms with Gasteiger partial charge in [-0.2, -0.15) is 5.10 Å². The van der Waals surface area contributed by atoms with Gasteiger partial charge >= 0.3 is 0 Å². The van der Waals surface area contributed by atoms with Crippen LogP contribution in [0.5, 0.6) is 0 Å². The molecule has 0 radical (unpaired) electrons. The van der Waals surface area contributed by atoms with Crippen LogP contribution in [0.1, 0.15) is 33.8 Å². The van der Waals surface area contributed by atoms with E-state index in [9.17, 15) is 0 Å². The van der Waals surface area contributed by atoms with Crippen LogP contribution in [-0.2, 0) is 12.8 Å². The van der Waals surface area contributed by atoms with Gasteiger partial charge in [0.2, 0.25) is 0 Å². The first-order valence-electron chi connectivity index (χ1n) is 8.85. The molecule has 6 nitrogen and oxygen atoms in total. The number of nitrogens with one attached hydrogen (secondary N) is 1. The van der Waals surface area contributed by atoms with Crippen molar-refractivity contribution >= 4 is 44.9 Å². The van der Waals surface area contributed by atoms with Crippen LogP contribution in [0.3, 0.4) is 0 Å². The normalized spacial score (nSPS) is 13.7. The Morgan fingerprint density at radius 1 is 1.22 bits per heavy atom. The SMILES string of the molecule is Cc1cc(/C=N\Nc2ncnc3sc4c(c23)CCC4)c(C)n1-c1nccs1. The number of hydrogen-bond acceptors (Lipinski definition) is 7. The summed E-state index contributed by atoms with van der Waals surface area (Å²) in [7, 11) is 0. The Morgan fingerprint density at radius 3 is 3.00 bits per heavy atom. The molecule has 1 aliphatic rings. The largest absolute Gasteiger partial charge is 0.294 e. The Labute approximate surface area is 164 Å². The lowest BCUT2D eigenvalue weighted by molar-refractivity contribution is 0.917. The summed E-state index contributed by atoms with van der Waals surface area (Å²) >= 11 is 3.41. The lowest BCUT2D eigenvalue weighted by Crippen LogP contribution is -1.99. The summed E-state index contributed by atoms with van der Waals surface area (Å²) in [5.41, 5.74) is 7.87. The minimum Gasteiger partial charge on any atom is -0.294 e. The first-order valence-corrected chi connectivity index (χ1v) is 10.5. The van der Waals surface area contributed by atoms with E-state index in [1.807, 2.05) is 17.8 Å². The molecule has 4 heterocycles. The second kappa shape index (κ2) is 6.54. The van der Waals surface area contributed by atoms with Crippen LogP contribution < -0.4 is 5.43 Å². The van der Waals surface area contributed by atoms with Gasteiger partial charge in [-0.3, -0.25) is 9.99 Å². The summed E-state index contributed by atoms with van der Waals surface area (Å²) in [5.74, 6) is 0.796. The van der Waals surface area contributed by atoms with Crippen molar-refractivity contribution in [1.29, 1.82) is 0 Å². The number of nitrogens with zero attached hydrogens (tertiary/aromatic N) is 5. The predicted molar refractivity (Wildman–Crippen MR) is 112 cm³/mol. The molecule has 0 aliphatic heterocycles. The molecule has 136 valence electrons. The number of fused-ring (bicyclic) bond motifs is 3. The van der Waals surface area contributed by atoms with Gasteiger partial charge in [0.05, 0.1) is 11.6 Å². The van der Waals surface area contributed by atoms with E-state index in [2.05, 4.69) is 50.0 Å². The Hall–Kier alpha value is -2.58. The van der Waals surface area contributed by atoms with Gasteiger partial charge < -0.3 is 0 Å². The number of hydrogen-bond donors (Lipinski definition) is 1. The van der Waals surface area contributed by atoms with E-state index in [0.29, 0.717) is 0 Å². The van der Waals surface area contributed by atoms with E-state index in [1.54, 1.807) is 29.0 Å². The zero-order valence-electron chi connectivity index (χ0n) is 15.1. The fourth-order valence-corrected chi connectivity index (χ4v) is 5.70. The van der Waals surface area contributed by atoms with Gasteiger partial charge in [-0.1, -0.05) is 0 Å². The molecule has 0 aromatic carbocycles. The quantitative estimate of drug-likeness (QED) is 0.409. The van der Waals surface area contributed by atoms with E-state index in [1.165, 1.54) is 16.9 Å². The molecule has 1 N–H and O–H groups in total. The third-order valence-corrected chi connectivity index (χ3v) is 6.91. The van der Waals surface area contributed by atoms with Crippen LogP contribution in [0.15, 0.2) is 29.1 Å². The smallest absolute Gasteiger partial charge is 0.193 e. The number of thiophene rings is 1. The predicted octanol–water partition coefficient (Wildman–Crippen LogP) is 4.49. The van der Waals surface area contributed by atoms with Crippen LogP contribution in [0.2, 0.25) is 0 Å². The maximum Gasteiger partial charge on any atom is 0.193 e. The maximum absolute atomic E-state index is 4.47. The van der Waals surface area contributed by atoms with Crippen molar-refractivity contribution < 1.29 is 0 Å². The highest BCUT2D eigenvalue weighted by atomic mass is 32.1. The number of hydrazone groups is 1. The molecule has 0 atom stereocenters. The molecule has 0 saturated heterocycles. The van der Waals surface area contributed by atoms with Gasteiger partial charge in [-0.25, -0.2) is 15.0 Å². The molecule has 4 aromatic rings. The van der Waals surface area contributed by atoms with E-state index >= 15 is 0 Å². The van der Waals surface area contributed by atoms with Crippen molar-refractivity contribution in [2.75, 3.05) is 5.43 Å². The fraction of sp³-hybridized carbons (Fsp3) is 0.263. The minimum atomic E-state index is 0.796. The number of anilines is 1. The van der Waals surface area contributed by atoms with Crippen LogP contribution in [0, 0.1) is 13.8 Å². The van der Waals surface area contributed by atoms with Crippen molar-refractivity contribution in [1.82, 2.24) is 19.5 Å². The Balaban J connectivity index is 1.45. The topological polar surface area (TPSA) is 68.0 Å². The molecule has 0 saturated carbocycles. The standard InChI is InChI=1S/C19H18N6S2/c1-11-8-13(12(2)25(11)19-20-6-7-26-19)9-23-24-17-16-14-4-3-5-15(14)27-18(16)22-10-21-17/h6-10H,3-5H2,1-2H3,(H,21,22,24)/b23-9-. The molecule has 0 unspecified atom stereocenters. The second-order valence-corrected chi connectivity index (χ2v) is 8.56. The van der Waals surface area contributed by atoms with Gasteiger partial charge in [0.1, 0.15) is 11.2 Å². The Kier molecular flexibility index (Phi) is 4.02. The van der Waals surface area contributed by atoms with Crippen LogP contribution in [-0.4, -0.2) is 25.7 Å². The highest BCUT2D eigenvalue weighted by molar-refractivity contribution is 7.19. The summed E-state index contributed by atoms with van der Waals surface area (Å²) in [5, 5.41) is 8.58. The van der Waals surface area contributed by atoms with Gasteiger partial charge in [-0.05, 0) is 44.7 Å². The number of rotatable bonds is 4. The first kappa shape index (κ1) is 16.6. The fourth-order valence-electron chi connectivity index (χ4n) is 3.72. The molecule has 0 bridgehead atoms. The molecular weight excluding hydrogens is 376 g/mol. The molecule has 8 heteroatoms. The summed E-state index contributed by atoms with van der Waals surface area (Å²) in [6, 6.07) is 2.12. The highest BCUT2D eigenvalue weighted by Gasteiger charge is 2.21. The van der Waals surface area contributed by atoms with Crippen molar-refractivity contribution in [3.8, 4) is 5.13 Å². The molecule has 27 heavy (non-hydrogen) atoms. The van der Waals surface area contributed by atoms with Crippen molar-refractivity contribution in [2.45, 2.75) is 33.1 Å². The molecular formula is C19H18N6S2. The summed E-state index contributed by atoms with van der Waals surface area (Å²) in [6.07, 6.45) is 8.77. The minimum absolute atomic E-state index is 0.796. The average Bonchev–Trinajstić information content (AvgIpc) is 3.40. The Bertz CT molecular complexity index is 1150. The zero-order valence-corrected chi connectivity index (χ0v) is 16.7. The molecule has 1 aliphatic carbocycles. The van der Waals surface area contributed by atoms with E-state index in [4.69, 9.17) is 0 Å². The summed E-state index contributed by atoms with van der Waals surface area (Å²) in [4.78, 5) is 15.8. The van der Waals surface area contributed by atoms with E-state index < -0.39 is 0 Å². The first-order chi connectivity index (χ1) is 13.2. The van der Waals surface area contributed by atoms with Crippen LogP contribution in [0.4, 0.5) is 5.82 Å². The van der Waals surface area contributed by atoms with E-state index in [-0.39, 0.29) is 0 Å². The Morgan fingerprint density at radius 2 is 2.15 bits per heavy atom. The van der Waals surface area contributed by atoms with Gasteiger partial charge in [0.15, 0.2) is 10.9 Å². The lowest BCUT2D eigenvalue weighted by Gasteiger charge is -2.04. The van der Waals surface area contributed by atoms with Gasteiger partial charge in [-0.15, -0.1) is 22.7 Å². The molecule has 0 amide bonds. The van der Waals surface area contributed by atoms with Gasteiger partial charge in [0.25, 0.3) is 0 Å². The third kappa shape index (κ3) is 2.76. The maximum atomic E-state index is 4.47. The monoisotopic (exact) mass is 394 g/mol. The molecule has 0 fully saturated rings. The van der Waals surface area contributed by atoms with E-state index in [0.717, 1.165) is 51.0 Å². The summed E-state index contributed by atoms with van der Waals surface area (Å²) < 4.78 is 2.15. The summed E-state index contributed by atoms with van der Waals surface area (Å²) in [6.45, 7) is 4.17. The number of thiazole rings is 1. The van der Waals surface area contributed by atoms with Crippen LogP contribution in [0.25, 0.3) is 15.3 Å². The molecule has 4 aromatic heterocycles. The average molecular weight is 395 g/mol. The van der Waals surface area contributed by atoms with Crippen molar-refractivity contribution in [2.24, 2.45) is 5.10 Å². The van der Waals surface area contributed by atoms with Crippen LogP contribution >= 0.6 is 22.7 Å². The van der Waals surface area contributed by atoms with Gasteiger partial charge in [0, 0.05) is 33.4 Å². The number of aromatic nitrogens is 4. The second-order valence-electron chi connectivity index (χ2n) is 6.61.